The molecule has 0 aliphatic heterocycles. The zero-order valence-electron chi connectivity index (χ0n) is 37.9. The van der Waals surface area contributed by atoms with Crippen LogP contribution in [0.25, 0.3) is 4.85 Å². The Kier molecular flexibility index (Phi) is 21.8. The molecular weight excluding hydrogens is 815 g/mol. The Balaban J connectivity index is 0.000000452. The third-order valence-corrected chi connectivity index (χ3v) is 9.26. The molecule has 63 heavy (non-hydrogen) atoms. The number of aromatic nitrogens is 2. The van der Waals surface area contributed by atoms with Gasteiger partial charge in [0, 0.05) is 60.6 Å². The fraction of sp³-hybridized carbons (Fsp3) is 0.543. The van der Waals surface area contributed by atoms with E-state index in [2.05, 4.69) is 14.8 Å². The minimum Gasteiger partial charge on any atom is -0.506 e. The average molecular weight is 880 g/mol. The van der Waals surface area contributed by atoms with Crippen molar-refractivity contribution in [1.82, 2.24) is 19.8 Å². The molecule has 5 N–H and O–H groups in total. The van der Waals surface area contributed by atoms with Crippen molar-refractivity contribution < 1.29 is 58.9 Å². The molecule has 2 heterocycles. The number of rotatable bonds is 21. The molecule has 2 amide bonds. The summed E-state index contributed by atoms with van der Waals surface area (Å²) < 4.78 is 17.2. The molecule has 346 valence electrons. The fourth-order valence-electron chi connectivity index (χ4n) is 6.01. The molecule has 0 radical (unpaired) electrons. The molecule has 3 aromatic rings. The molecular formula is C46H65N5O12. The van der Waals surface area contributed by atoms with Crippen LogP contribution in [0.15, 0.2) is 36.7 Å². The predicted octanol–water partition coefficient (Wildman–Crippen LogP) is 8.36. The van der Waals surface area contributed by atoms with Crippen LogP contribution in [0.4, 0.5) is 15.3 Å². The van der Waals surface area contributed by atoms with E-state index < -0.39 is 35.3 Å². The first-order chi connectivity index (χ1) is 29.6. The second kappa shape index (κ2) is 25.8. The van der Waals surface area contributed by atoms with E-state index >= 15 is 0 Å². The summed E-state index contributed by atoms with van der Waals surface area (Å²) in [4.78, 5) is 61.8. The molecule has 3 rings (SSSR count). The van der Waals surface area contributed by atoms with Crippen LogP contribution < -0.4 is 4.74 Å². The van der Waals surface area contributed by atoms with Crippen LogP contribution in [0, 0.1) is 20.4 Å². The highest BCUT2D eigenvalue weighted by atomic mass is 16.6. The second-order valence-corrected chi connectivity index (χ2v) is 17.0. The van der Waals surface area contributed by atoms with E-state index in [9.17, 15) is 34.5 Å². The number of aliphatic hydroxyl groups excluding tert-OH is 2. The number of benzene rings is 1. The van der Waals surface area contributed by atoms with E-state index in [0.717, 1.165) is 5.56 Å². The predicted molar refractivity (Wildman–Crippen MR) is 234 cm³/mol. The van der Waals surface area contributed by atoms with Gasteiger partial charge in [0.05, 0.1) is 44.3 Å². The summed E-state index contributed by atoms with van der Waals surface area (Å²) in [5.41, 5.74) is 3.12. The first-order valence-electron chi connectivity index (χ1n) is 20.9. The molecule has 0 unspecified atom stereocenters. The quantitative estimate of drug-likeness (QED) is 0.0500. The summed E-state index contributed by atoms with van der Waals surface area (Å²) in [6, 6.07) is 7.07. The third kappa shape index (κ3) is 19.7. The molecule has 17 nitrogen and oxygen atoms in total. The molecule has 0 fully saturated rings. The highest BCUT2D eigenvalue weighted by Gasteiger charge is 2.27. The number of carboxylic acids is 2. The van der Waals surface area contributed by atoms with Crippen LogP contribution in [0.2, 0.25) is 0 Å². The molecule has 0 spiro atoms. The highest BCUT2D eigenvalue weighted by molar-refractivity contribution is 5.69. The number of carbonyl (C=O) groups is 4. The second-order valence-electron chi connectivity index (χ2n) is 17.0. The number of aliphatic hydroxyl groups is 2. The van der Waals surface area contributed by atoms with E-state index in [1.807, 2.05) is 12.1 Å². The topological polar surface area (TPSA) is 234 Å². The molecule has 0 atom stereocenters. The number of hydrogen-bond donors (Lipinski definition) is 5. The fourth-order valence-corrected chi connectivity index (χ4v) is 6.01. The van der Waals surface area contributed by atoms with Crippen molar-refractivity contribution in [2.75, 3.05) is 13.1 Å². The molecule has 2 aromatic heterocycles. The minimum atomic E-state index is -0.844. The lowest BCUT2D eigenvalue weighted by Crippen LogP contribution is -2.37. The normalized spacial score (nSPS) is 11.1. The zero-order valence-corrected chi connectivity index (χ0v) is 37.9. The van der Waals surface area contributed by atoms with Crippen molar-refractivity contribution in [3.05, 3.63) is 87.3 Å². The van der Waals surface area contributed by atoms with E-state index in [4.69, 9.17) is 31.0 Å². The van der Waals surface area contributed by atoms with Crippen molar-refractivity contribution in [1.29, 1.82) is 0 Å². The maximum atomic E-state index is 13.0. The van der Waals surface area contributed by atoms with Crippen LogP contribution >= 0.6 is 0 Å². The molecule has 17 heteroatoms. The Morgan fingerprint density at radius 3 is 1.56 bits per heavy atom. The number of aromatic hydroxyl groups is 1. The summed E-state index contributed by atoms with van der Waals surface area (Å²) in [6.45, 7) is 21.8. The van der Waals surface area contributed by atoms with Crippen molar-refractivity contribution >= 4 is 29.8 Å². The van der Waals surface area contributed by atoms with Gasteiger partial charge < -0.3 is 49.5 Å². The average Bonchev–Trinajstić information content (AvgIpc) is 3.20. The van der Waals surface area contributed by atoms with Gasteiger partial charge in [-0.15, -0.1) is 0 Å². The number of hydrogen-bond acceptors (Lipinski definition) is 12. The molecule has 0 saturated heterocycles. The lowest BCUT2D eigenvalue weighted by atomic mass is 10.1. The van der Waals surface area contributed by atoms with Crippen molar-refractivity contribution in [3.63, 3.8) is 0 Å². The van der Waals surface area contributed by atoms with E-state index in [0.29, 0.717) is 96.7 Å². The third-order valence-electron chi connectivity index (χ3n) is 9.26. The van der Waals surface area contributed by atoms with Crippen molar-refractivity contribution in [3.8, 4) is 11.5 Å². The molecule has 0 saturated carbocycles. The van der Waals surface area contributed by atoms with Gasteiger partial charge in [-0.3, -0.25) is 19.6 Å². The molecule has 0 bridgehead atoms. The Labute approximate surface area is 370 Å². The van der Waals surface area contributed by atoms with Gasteiger partial charge in [-0.2, -0.15) is 0 Å². The number of carbonyl (C=O) groups excluding carboxylic acids is 2. The monoisotopic (exact) mass is 879 g/mol. The number of nitrogens with zero attached hydrogens (tertiary/aromatic N) is 5. The van der Waals surface area contributed by atoms with Crippen molar-refractivity contribution in [2.45, 2.75) is 151 Å². The van der Waals surface area contributed by atoms with Gasteiger partial charge in [-0.25, -0.2) is 14.4 Å². The number of aryl methyl sites for hydroxylation is 2. The van der Waals surface area contributed by atoms with Gasteiger partial charge in [0.1, 0.15) is 29.3 Å². The summed E-state index contributed by atoms with van der Waals surface area (Å²) >= 11 is 0. The standard InChI is InChI=1S/C27H35N3O6.C19H30N2O6/c1-19-25(35-18-20-10-12-22(28-5)13-11-20)23(21(17-31)15-29-19)16-30(26(34)36-27(2,3)4)14-8-6-7-9-24(32)33;1-13-17(25)15(14(12-22)10-20-13)11-21(18(26)27-19(2,3)4)9-7-5-6-8-16(23)24/h10-13,15,31H,6-9,14,16-18H2,1-4H3,(H,32,33);10,22,25H,5-9,11-12H2,1-4H3,(H,23,24). The van der Waals surface area contributed by atoms with Crippen LogP contribution in [0.3, 0.4) is 0 Å². The summed E-state index contributed by atoms with van der Waals surface area (Å²) in [5.74, 6) is -1.26. The van der Waals surface area contributed by atoms with Gasteiger partial charge in [-0.1, -0.05) is 37.1 Å². The Morgan fingerprint density at radius 1 is 0.683 bits per heavy atom. The van der Waals surface area contributed by atoms with Gasteiger partial charge in [0.2, 0.25) is 0 Å². The highest BCUT2D eigenvalue weighted by Crippen LogP contribution is 2.30. The number of aliphatic carboxylic acids is 2. The number of unbranched alkanes of at least 4 members (excludes halogenated alkanes) is 4. The smallest absolute Gasteiger partial charge is 0.410 e. The van der Waals surface area contributed by atoms with E-state index in [-0.39, 0.29) is 51.5 Å². The van der Waals surface area contributed by atoms with Crippen LogP contribution in [-0.4, -0.2) is 93.7 Å². The Bertz CT molecular complexity index is 2000. The van der Waals surface area contributed by atoms with Gasteiger partial charge in [-0.05, 0) is 86.6 Å². The van der Waals surface area contributed by atoms with Gasteiger partial charge in [0.25, 0.3) is 0 Å². The summed E-state index contributed by atoms with van der Waals surface area (Å²) in [7, 11) is 0. The lowest BCUT2D eigenvalue weighted by molar-refractivity contribution is -0.138. The Morgan fingerprint density at radius 2 is 1.13 bits per heavy atom. The van der Waals surface area contributed by atoms with E-state index in [1.54, 1.807) is 78.6 Å². The Hall–Kier alpha value is -5.99. The molecule has 0 aliphatic carbocycles. The van der Waals surface area contributed by atoms with Crippen molar-refractivity contribution in [2.24, 2.45) is 0 Å². The van der Waals surface area contributed by atoms with Crippen LogP contribution in [0.5, 0.6) is 11.5 Å². The lowest BCUT2D eigenvalue weighted by Gasteiger charge is -2.29. The maximum Gasteiger partial charge on any atom is 0.410 e. The zero-order chi connectivity index (χ0) is 47.3. The molecule has 1 aromatic carbocycles. The number of pyridine rings is 2. The van der Waals surface area contributed by atoms with Crippen LogP contribution in [0.1, 0.15) is 132 Å². The summed E-state index contributed by atoms with van der Waals surface area (Å²) in [5, 5.41) is 47.4. The largest absolute Gasteiger partial charge is 0.506 e. The van der Waals surface area contributed by atoms with Crippen LogP contribution in [-0.2, 0) is 52.0 Å². The maximum absolute atomic E-state index is 13.0. The minimum absolute atomic E-state index is 0.0546. The first kappa shape index (κ1) is 53.1. The number of ether oxygens (including phenoxy) is 3. The van der Waals surface area contributed by atoms with Gasteiger partial charge in [0.15, 0.2) is 5.69 Å². The number of amides is 2. The SMILES string of the molecule is Cc1ncc(CO)c(CN(CCCCCC(=O)O)C(=O)OC(C)(C)C)c1O.[C-]#[N+]c1ccc(COc2c(C)ncc(CO)c2CN(CCCCCC(=O)O)C(=O)OC(C)(C)C)cc1. The molecule has 0 aliphatic rings. The van der Waals surface area contributed by atoms with E-state index in [1.165, 1.54) is 11.1 Å². The van der Waals surface area contributed by atoms with Gasteiger partial charge >= 0.3 is 24.1 Å². The first-order valence-corrected chi connectivity index (χ1v) is 20.9. The summed E-state index contributed by atoms with van der Waals surface area (Å²) in [6.07, 6.45) is 5.75. The number of carboxylic acid groups (broad SMARTS) is 2.